The minimum Gasteiger partial charge on any atom is -0.505 e. The lowest BCUT2D eigenvalue weighted by Gasteiger charge is -2.55. The number of aryl methyl sites for hydroxylation is 2. The van der Waals surface area contributed by atoms with Crippen LogP contribution in [0.2, 0.25) is 0 Å². The van der Waals surface area contributed by atoms with Crippen LogP contribution in [0.4, 0.5) is 0 Å². The van der Waals surface area contributed by atoms with Crippen molar-refractivity contribution in [1.82, 2.24) is 14.9 Å². The number of benzene rings is 1. The maximum Gasteiger partial charge on any atom is 0.258 e. The van der Waals surface area contributed by atoms with Gasteiger partial charge in [0.1, 0.15) is 21.4 Å². The minimum absolute atomic E-state index is 0.111. The lowest BCUT2D eigenvalue weighted by Crippen LogP contribution is -2.74. The summed E-state index contributed by atoms with van der Waals surface area (Å²) in [4.78, 5) is 17.2. The smallest absolute Gasteiger partial charge is 0.258 e. The molecule has 0 bridgehead atoms. The van der Waals surface area contributed by atoms with Crippen molar-refractivity contribution in [1.29, 1.82) is 0 Å². The molecule has 2 unspecified atom stereocenters. The molecule has 4 rings (SSSR count). The third-order valence-electron chi connectivity index (χ3n) is 5.69. The number of fused-ring (bicyclic) bond motifs is 3. The van der Waals surface area contributed by atoms with E-state index in [0.717, 1.165) is 28.4 Å². The Balaban J connectivity index is 1.83. The summed E-state index contributed by atoms with van der Waals surface area (Å²) in [5.74, 6) is 0.470. The fraction of sp³-hybridized carbons (Fsp3) is 0.400. The molecule has 1 aliphatic rings. The fourth-order valence-electron chi connectivity index (χ4n) is 4.20. The van der Waals surface area contributed by atoms with E-state index >= 15 is 0 Å². The number of hydrogen-bond donors (Lipinski definition) is 1. The van der Waals surface area contributed by atoms with E-state index < -0.39 is 10.9 Å². The number of rotatable bonds is 3. The van der Waals surface area contributed by atoms with Gasteiger partial charge in [-0.1, -0.05) is 0 Å². The van der Waals surface area contributed by atoms with Gasteiger partial charge in [0, 0.05) is 35.6 Å². The zero-order valence-corrected chi connectivity index (χ0v) is 16.0. The van der Waals surface area contributed by atoms with Gasteiger partial charge in [0.05, 0.1) is 16.6 Å². The van der Waals surface area contributed by atoms with Gasteiger partial charge in [-0.2, -0.15) is 0 Å². The molecule has 1 fully saturated rings. The Kier molecular flexibility index (Phi) is 3.93. The van der Waals surface area contributed by atoms with Crippen LogP contribution in [0.15, 0.2) is 35.3 Å². The monoisotopic (exact) mass is 357 g/mol. The number of pyridine rings is 2. The zero-order chi connectivity index (χ0) is 19.6. The Morgan fingerprint density at radius 3 is 2.67 bits per heavy atom. The Morgan fingerprint density at radius 1 is 1.30 bits per heavy atom. The number of aromatic nitrogens is 2. The molecule has 5 nitrogen and oxygen atoms in total. The van der Waals surface area contributed by atoms with Crippen LogP contribution in [0, 0.1) is 6.92 Å². The lowest BCUT2D eigenvalue weighted by molar-refractivity contribution is 0.0424. The normalized spacial score (nSPS) is 22.7. The van der Waals surface area contributed by atoms with Crippen molar-refractivity contribution >= 4 is 37.4 Å². The molecule has 1 saturated heterocycles. The Labute approximate surface area is 160 Å². The molecular formula is C20H21B2N3O2. The molecule has 2 atom stereocenters. The predicted molar refractivity (Wildman–Crippen MR) is 110 cm³/mol. The van der Waals surface area contributed by atoms with E-state index in [9.17, 15) is 4.79 Å². The molecule has 7 heteroatoms. The molecule has 1 aliphatic heterocycles. The van der Waals surface area contributed by atoms with Crippen LogP contribution in [-0.4, -0.2) is 42.2 Å². The number of hydrogen-bond acceptors (Lipinski definition) is 4. The minimum atomic E-state index is -1.39. The molecule has 134 valence electrons. The summed E-state index contributed by atoms with van der Waals surface area (Å²) < 4.78 is 7.55. The lowest BCUT2D eigenvalue weighted by atomic mass is 9.50. The molecule has 2 aromatic heterocycles. The summed E-state index contributed by atoms with van der Waals surface area (Å²) in [5, 5.41) is 4.31. The molecule has 0 amide bonds. The molecular weight excluding hydrogens is 336 g/mol. The summed E-state index contributed by atoms with van der Waals surface area (Å²) in [7, 11) is 14.3. The zero-order valence-electron chi connectivity index (χ0n) is 16.0. The fourth-order valence-corrected chi connectivity index (χ4v) is 4.20. The number of ether oxygens (including phenoxy) is 1. The van der Waals surface area contributed by atoms with Gasteiger partial charge in [-0.05, 0) is 56.8 Å². The second-order valence-electron chi connectivity index (χ2n) is 7.84. The summed E-state index contributed by atoms with van der Waals surface area (Å²) in [5.41, 5.74) is 1.00. The first-order valence-electron chi connectivity index (χ1n) is 9.05. The van der Waals surface area contributed by atoms with E-state index in [2.05, 4.69) is 17.2 Å². The van der Waals surface area contributed by atoms with Gasteiger partial charge in [-0.25, -0.2) is 0 Å². The second-order valence-corrected chi connectivity index (χ2v) is 7.84. The van der Waals surface area contributed by atoms with E-state index in [1.54, 1.807) is 29.9 Å². The molecule has 27 heavy (non-hydrogen) atoms. The van der Waals surface area contributed by atoms with Crippen molar-refractivity contribution in [3.05, 3.63) is 46.5 Å². The van der Waals surface area contributed by atoms with E-state index in [-0.39, 0.29) is 5.56 Å². The standard InChI is InChI=1S/C20H21B2N3O2/c1-11-10-19(3,24-11)20(21,22)27-13-5-6-14-15-7-8-23-12(2)17(15)25(4)18(26)16(14)9-13/h5-9,11,24H,10H2,1-4H3. The van der Waals surface area contributed by atoms with Gasteiger partial charge >= 0.3 is 0 Å². The van der Waals surface area contributed by atoms with E-state index in [1.807, 2.05) is 26.0 Å². The molecule has 0 aliphatic carbocycles. The van der Waals surface area contributed by atoms with Crippen molar-refractivity contribution in [2.45, 2.75) is 44.2 Å². The largest absolute Gasteiger partial charge is 0.505 e. The molecule has 0 saturated carbocycles. The molecule has 3 aromatic rings. The quantitative estimate of drug-likeness (QED) is 0.575. The predicted octanol–water partition coefficient (Wildman–Crippen LogP) is 1.91. The van der Waals surface area contributed by atoms with Crippen LogP contribution in [0.3, 0.4) is 0 Å². The van der Waals surface area contributed by atoms with Crippen LogP contribution in [0.25, 0.3) is 21.7 Å². The number of nitrogens with one attached hydrogen (secondary N) is 1. The van der Waals surface area contributed by atoms with Crippen LogP contribution in [-0.2, 0) is 7.05 Å². The second kappa shape index (κ2) is 5.86. The topological polar surface area (TPSA) is 56.2 Å². The highest BCUT2D eigenvalue weighted by Crippen LogP contribution is 2.35. The Hall–Kier alpha value is -2.27. The maximum atomic E-state index is 12.9. The maximum absolute atomic E-state index is 12.9. The molecule has 1 aromatic carbocycles. The highest BCUT2D eigenvalue weighted by Gasteiger charge is 2.49. The van der Waals surface area contributed by atoms with Crippen molar-refractivity contribution in [2.24, 2.45) is 7.05 Å². The van der Waals surface area contributed by atoms with Gasteiger partial charge < -0.3 is 14.6 Å². The van der Waals surface area contributed by atoms with E-state index in [0.29, 0.717) is 17.2 Å². The third-order valence-corrected chi connectivity index (χ3v) is 5.69. The summed E-state index contributed by atoms with van der Waals surface area (Å²) in [6, 6.07) is 7.66. The summed E-state index contributed by atoms with van der Waals surface area (Å²) in [6.07, 6.45) is 2.56. The van der Waals surface area contributed by atoms with Crippen LogP contribution >= 0.6 is 0 Å². The molecule has 3 heterocycles. The van der Waals surface area contributed by atoms with Crippen LogP contribution < -0.4 is 15.6 Å². The Bertz CT molecular complexity index is 1120. The van der Waals surface area contributed by atoms with Crippen molar-refractivity contribution in [2.75, 3.05) is 0 Å². The van der Waals surface area contributed by atoms with Gasteiger partial charge in [0.15, 0.2) is 0 Å². The van der Waals surface area contributed by atoms with Gasteiger partial charge in [-0.3, -0.25) is 9.78 Å². The van der Waals surface area contributed by atoms with E-state index in [1.165, 1.54) is 0 Å². The van der Waals surface area contributed by atoms with Crippen molar-refractivity contribution in [3.8, 4) is 5.75 Å². The van der Waals surface area contributed by atoms with Crippen molar-refractivity contribution < 1.29 is 4.74 Å². The highest BCUT2D eigenvalue weighted by molar-refractivity contribution is 6.40. The summed E-state index contributed by atoms with van der Waals surface area (Å²) >= 11 is 0. The van der Waals surface area contributed by atoms with Gasteiger partial charge in [-0.15, -0.1) is 0 Å². The van der Waals surface area contributed by atoms with E-state index in [4.69, 9.17) is 20.4 Å². The average molecular weight is 357 g/mol. The first-order chi connectivity index (χ1) is 12.6. The Morgan fingerprint density at radius 2 is 2.00 bits per heavy atom. The molecule has 4 radical (unpaired) electrons. The van der Waals surface area contributed by atoms with Crippen molar-refractivity contribution in [3.63, 3.8) is 0 Å². The van der Waals surface area contributed by atoms with Crippen LogP contribution in [0.5, 0.6) is 5.75 Å². The third kappa shape index (κ3) is 2.67. The molecule has 1 N–H and O–H groups in total. The number of nitrogens with zero attached hydrogens (tertiary/aromatic N) is 2. The highest BCUT2D eigenvalue weighted by atomic mass is 16.5. The summed E-state index contributed by atoms with van der Waals surface area (Å²) in [6.45, 7) is 5.91. The average Bonchev–Trinajstić information content (AvgIpc) is 2.58. The molecule has 0 spiro atoms. The first-order valence-corrected chi connectivity index (χ1v) is 9.05. The van der Waals surface area contributed by atoms with Gasteiger partial charge in [0.25, 0.3) is 5.56 Å². The van der Waals surface area contributed by atoms with Crippen LogP contribution in [0.1, 0.15) is 26.0 Å². The SMILES string of the molecule is [B]C([B])(Oc1ccc2c(c1)c(=O)n(C)c1c(C)nccc21)C1(C)CC(C)N1. The first kappa shape index (κ1) is 18.1. The van der Waals surface area contributed by atoms with Gasteiger partial charge in [0.2, 0.25) is 0 Å².